The Morgan fingerprint density at radius 2 is 2.21 bits per heavy atom. The number of H-pyrrole nitrogens is 1. The summed E-state index contributed by atoms with van der Waals surface area (Å²) in [5, 5.41) is 20.9. The number of aliphatic hydroxyl groups is 2. The third-order valence-electron chi connectivity index (χ3n) is 2.82. The zero-order valence-electron chi connectivity index (χ0n) is 10.3. The summed E-state index contributed by atoms with van der Waals surface area (Å²) in [6, 6.07) is 5.68. The summed E-state index contributed by atoms with van der Waals surface area (Å²) in [6.07, 6.45) is -0.314. The van der Waals surface area contributed by atoms with Gasteiger partial charge in [-0.3, -0.25) is 4.79 Å². The number of halogens is 1. The molecule has 0 spiro atoms. The maximum absolute atomic E-state index is 10.9. The first-order valence-corrected chi connectivity index (χ1v) is 7.53. The average Bonchev–Trinajstić information content (AvgIpc) is 2.77. The van der Waals surface area contributed by atoms with Crippen LogP contribution in [0.15, 0.2) is 28.9 Å². The molecule has 2 rings (SSSR count). The monoisotopic (exact) mass is 343 g/mol. The Kier molecular flexibility index (Phi) is 4.67. The summed E-state index contributed by atoms with van der Waals surface area (Å²) in [7, 11) is 0. The predicted octanol–water partition coefficient (Wildman–Crippen LogP) is 2.60. The van der Waals surface area contributed by atoms with E-state index in [0.29, 0.717) is 5.56 Å². The summed E-state index contributed by atoms with van der Waals surface area (Å²) in [5.74, 6) is 0.178. The highest BCUT2D eigenvalue weighted by molar-refractivity contribution is 9.10. The van der Waals surface area contributed by atoms with Crippen molar-refractivity contribution in [1.29, 1.82) is 0 Å². The number of carbonyl (C=O) groups excluding carboxylic acids is 1. The number of rotatable bonds is 4. The highest BCUT2D eigenvalue weighted by Gasteiger charge is 2.22. The number of aromatic nitrogens is 1. The number of aliphatic hydroxyl groups excluding tert-OH is 2. The molecule has 0 bridgehead atoms. The molecule has 1 aromatic carbocycles. The van der Waals surface area contributed by atoms with Crippen molar-refractivity contribution >= 4 is 43.7 Å². The Hall–Kier alpha value is -0.820. The van der Waals surface area contributed by atoms with Crippen LogP contribution in [0.3, 0.4) is 0 Å². The van der Waals surface area contributed by atoms with E-state index in [1.807, 2.05) is 18.2 Å². The van der Waals surface area contributed by atoms with Crippen LogP contribution in [0.25, 0.3) is 10.9 Å². The molecule has 19 heavy (non-hydrogen) atoms. The van der Waals surface area contributed by atoms with Crippen LogP contribution >= 0.6 is 27.7 Å². The second-order valence-corrected chi connectivity index (χ2v) is 6.36. The molecular weight excluding hydrogens is 330 g/mol. The molecule has 3 N–H and O–H groups in total. The molecule has 1 heterocycles. The number of hydrogen-bond donors (Lipinski definition) is 3. The minimum absolute atomic E-state index is 0.0760. The van der Waals surface area contributed by atoms with E-state index in [4.69, 9.17) is 0 Å². The molecule has 4 nitrogen and oxygen atoms in total. The first kappa shape index (κ1) is 14.6. The third kappa shape index (κ3) is 3.39. The van der Waals surface area contributed by atoms with Crippen LogP contribution in [0.4, 0.5) is 0 Å². The van der Waals surface area contributed by atoms with Crippen LogP contribution < -0.4 is 0 Å². The van der Waals surface area contributed by atoms with Crippen molar-refractivity contribution in [1.82, 2.24) is 4.98 Å². The molecule has 2 unspecified atom stereocenters. The summed E-state index contributed by atoms with van der Waals surface area (Å²) in [4.78, 5) is 13.9. The first-order chi connectivity index (χ1) is 8.99. The van der Waals surface area contributed by atoms with Crippen LogP contribution in [-0.2, 0) is 4.79 Å². The molecule has 0 radical (unpaired) electrons. The van der Waals surface area contributed by atoms with Gasteiger partial charge in [-0.05, 0) is 18.2 Å². The molecule has 0 aliphatic rings. The molecule has 0 amide bonds. The van der Waals surface area contributed by atoms with E-state index in [1.165, 1.54) is 6.92 Å². The van der Waals surface area contributed by atoms with Crippen molar-refractivity contribution in [2.45, 2.75) is 19.1 Å². The third-order valence-corrected chi connectivity index (χ3v) is 4.22. The van der Waals surface area contributed by atoms with Gasteiger partial charge in [0.1, 0.15) is 6.10 Å². The van der Waals surface area contributed by atoms with Gasteiger partial charge in [0.05, 0.1) is 6.10 Å². The zero-order chi connectivity index (χ0) is 14.0. The molecule has 6 heteroatoms. The van der Waals surface area contributed by atoms with Crippen LogP contribution in [0.1, 0.15) is 18.6 Å². The minimum Gasteiger partial charge on any atom is -0.389 e. The number of hydrogen-bond acceptors (Lipinski definition) is 4. The van der Waals surface area contributed by atoms with Crippen molar-refractivity contribution in [3.05, 3.63) is 34.4 Å². The number of carbonyl (C=O) groups is 1. The molecule has 2 aromatic rings. The van der Waals surface area contributed by atoms with Gasteiger partial charge in [-0.1, -0.05) is 27.7 Å². The zero-order valence-corrected chi connectivity index (χ0v) is 12.7. The highest BCUT2D eigenvalue weighted by Crippen LogP contribution is 2.29. The van der Waals surface area contributed by atoms with Gasteiger partial charge in [0.25, 0.3) is 0 Å². The van der Waals surface area contributed by atoms with Gasteiger partial charge >= 0.3 is 0 Å². The number of nitrogens with one attached hydrogen (secondary N) is 1. The quantitative estimate of drug-likeness (QED) is 0.797. The van der Waals surface area contributed by atoms with Crippen molar-refractivity contribution in [3.8, 4) is 0 Å². The molecule has 0 fully saturated rings. The second kappa shape index (κ2) is 6.09. The van der Waals surface area contributed by atoms with Gasteiger partial charge in [0.2, 0.25) is 0 Å². The SMILES string of the molecule is CC(=O)SCC(O)C(O)c1c[nH]c2ccc(Br)cc12. The van der Waals surface area contributed by atoms with Gasteiger partial charge in [0.15, 0.2) is 5.12 Å². The number of benzene rings is 1. The fraction of sp³-hybridized carbons (Fsp3) is 0.308. The van der Waals surface area contributed by atoms with Gasteiger partial charge in [0, 0.05) is 39.8 Å². The van der Waals surface area contributed by atoms with E-state index in [-0.39, 0.29) is 10.9 Å². The Labute approximate surface area is 123 Å². The Morgan fingerprint density at radius 3 is 2.89 bits per heavy atom. The summed E-state index contributed by atoms with van der Waals surface area (Å²) >= 11 is 4.39. The minimum atomic E-state index is -1.02. The summed E-state index contributed by atoms with van der Waals surface area (Å²) in [5.41, 5.74) is 1.52. The Bertz CT molecular complexity index is 599. The standard InChI is InChI=1S/C13H14BrNO3S/c1-7(16)19-6-12(17)13(18)10-5-15-11-3-2-8(14)4-9(10)11/h2-5,12-13,15,17-18H,6H2,1H3. The summed E-state index contributed by atoms with van der Waals surface area (Å²) in [6.45, 7) is 1.44. The molecule has 102 valence electrons. The van der Waals surface area contributed by atoms with Crippen LogP contribution in [0.5, 0.6) is 0 Å². The second-order valence-electron chi connectivity index (χ2n) is 4.25. The maximum atomic E-state index is 10.9. The molecule has 0 aliphatic heterocycles. The Morgan fingerprint density at radius 1 is 1.47 bits per heavy atom. The number of aromatic amines is 1. The lowest BCUT2D eigenvalue weighted by atomic mass is 10.0. The molecule has 1 aromatic heterocycles. The smallest absolute Gasteiger partial charge is 0.185 e. The lowest BCUT2D eigenvalue weighted by Crippen LogP contribution is -2.21. The van der Waals surface area contributed by atoms with E-state index < -0.39 is 12.2 Å². The van der Waals surface area contributed by atoms with Crippen molar-refractivity contribution < 1.29 is 15.0 Å². The van der Waals surface area contributed by atoms with E-state index >= 15 is 0 Å². The highest BCUT2D eigenvalue weighted by atomic mass is 79.9. The largest absolute Gasteiger partial charge is 0.389 e. The molecule has 0 aliphatic carbocycles. The normalized spacial score (nSPS) is 14.5. The fourth-order valence-corrected chi connectivity index (χ4v) is 2.81. The van der Waals surface area contributed by atoms with Crippen LogP contribution in [0, 0.1) is 0 Å². The molecule has 0 saturated carbocycles. The van der Waals surface area contributed by atoms with Crippen LogP contribution in [-0.4, -0.2) is 32.2 Å². The average molecular weight is 344 g/mol. The van der Waals surface area contributed by atoms with Gasteiger partial charge < -0.3 is 15.2 Å². The fourth-order valence-electron chi connectivity index (χ4n) is 1.86. The number of thioether (sulfide) groups is 1. The maximum Gasteiger partial charge on any atom is 0.185 e. The van der Waals surface area contributed by atoms with E-state index in [1.54, 1.807) is 6.20 Å². The van der Waals surface area contributed by atoms with Crippen LogP contribution in [0.2, 0.25) is 0 Å². The Balaban J connectivity index is 2.23. The van der Waals surface area contributed by atoms with Gasteiger partial charge in [-0.15, -0.1) is 0 Å². The van der Waals surface area contributed by atoms with E-state index in [9.17, 15) is 15.0 Å². The lowest BCUT2D eigenvalue weighted by Gasteiger charge is -2.16. The summed E-state index contributed by atoms with van der Waals surface area (Å²) < 4.78 is 0.903. The lowest BCUT2D eigenvalue weighted by molar-refractivity contribution is -0.109. The topological polar surface area (TPSA) is 73.3 Å². The first-order valence-electron chi connectivity index (χ1n) is 5.75. The van der Waals surface area contributed by atoms with Crippen molar-refractivity contribution in [2.75, 3.05) is 5.75 Å². The van der Waals surface area contributed by atoms with Crippen molar-refractivity contribution in [3.63, 3.8) is 0 Å². The molecule has 0 saturated heterocycles. The predicted molar refractivity (Wildman–Crippen MR) is 80.1 cm³/mol. The van der Waals surface area contributed by atoms with Gasteiger partial charge in [-0.25, -0.2) is 0 Å². The van der Waals surface area contributed by atoms with Crippen molar-refractivity contribution in [2.24, 2.45) is 0 Å². The van der Waals surface area contributed by atoms with Gasteiger partial charge in [-0.2, -0.15) is 0 Å². The number of fused-ring (bicyclic) bond motifs is 1. The van der Waals surface area contributed by atoms with E-state index in [2.05, 4.69) is 20.9 Å². The molecule has 2 atom stereocenters. The molecular formula is C13H14BrNO3S. The van der Waals surface area contributed by atoms with E-state index in [0.717, 1.165) is 27.1 Å².